The summed E-state index contributed by atoms with van der Waals surface area (Å²) in [7, 11) is 0. The predicted octanol–water partition coefficient (Wildman–Crippen LogP) is 6.63. The van der Waals surface area contributed by atoms with Gasteiger partial charge in [0.2, 0.25) is 0 Å². The summed E-state index contributed by atoms with van der Waals surface area (Å²) in [5.41, 5.74) is 3.97. The number of rotatable bonds is 4. The topological polar surface area (TPSA) is 54.6 Å². The lowest BCUT2D eigenvalue weighted by molar-refractivity contribution is 0.135. The third-order valence-electron chi connectivity index (χ3n) is 5.86. The molecule has 5 rings (SSSR count). The first kappa shape index (κ1) is 22.2. The third-order valence-corrected chi connectivity index (χ3v) is 6.35. The van der Waals surface area contributed by atoms with Crippen molar-refractivity contribution in [2.75, 3.05) is 13.2 Å². The van der Waals surface area contributed by atoms with Crippen molar-refractivity contribution in [3.8, 4) is 23.8 Å². The predicted molar refractivity (Wildman–Crippen MR) is 134 cm³/mol. The van der Waals surface area contributed by atoms with Crippen LogP contribution < -0.4 is 9.47 Å². The van der Waals surface area contributed by atoms with Crippen molar-refractivity contribution in [2.45, 2.75) is 12.5 Å². The fraction of sp³-hybridized carbons (Fsp3) is 0.148. The number of H-pyrrole nitrogens is 1. The third kappa shape index (κ3) is 4.31. The summed E-state index contributed by atoms with van der Waals surface area (Å²) in [5, 5.41) is 2.31. The van der Waals surface area contributed by atoms with Gasteiger partial charge >= 0.3 is 6.09 Å². The molecule has 0 spiro atoms. The molecule has 0 fully saturated rings. The molecule has 170 valence electrons. The second kappa shape index (κ2) is 9.34. The number of nitrogens with zero attached hydrogens (tertiary/aromatic N) is 1. The van der Waals surface area contributed by atoms with E-state index in [4.69, 9.17) is 39.1 Å². The first-order chi connectivity index (χ1) is 16.5. The maximum atomic E-state index is 13.3. The van der Waals surface area contributed by atoms with Gasteiger partial charge in [-0.05, 0) is 72.1 Å². The van der Waals surface area contributed by atoms with Crippen LogP contribution in [-0.2, 0) is 6.42 Å². The van der Waals surface area contributed by atoms with Gasteiger partial charge in [0.1, 0.15) is 24.1 Å². The van der Waals surface area contributed by atoms with E-state index in [1.807, 2.05) is 42.5 Å². The van der Waals surface area contributed by atoms with Crippen molar-refractivity contribution in [1.82, 2.24) is 9.88 Å². The van der Waals surface area contributed by atoms with Crippen LogP contribution in [0.2, 0.25) is 10.0 Å². The number of halogens is 2. The van der Waals surface area contributed by atoms with Crippen LogP contribution in [0, 0.1) is 12.3 Å². The summed E-state index contributed by atoms with van der Waals surface area (Å²) in [4.78, 5) is 18.6. The minimum atomic E-state index is -0.442. The van der Waals surface area contributed by atoms with Gasteiger partial charge in [-0.2, -0.15) is 0 Å². The fourth-order valence-electron chi connectivity index (χ4n) is 4.34. The Hall–Kier alpha value is -3.59. The molecular formula is C27H20Cl2N2O3. The van der Waals surface area contributed by atoms with Crippen molar-refractivity contribution < 1.29 is 14.3 Å². The molecule has 7 heteroatoms. The number of carbonyl (C=O) groups is 1. The smallest absolute Gasteiger partial charge is 0.416 e. The van der Waals surface area contributed by atoms with Crippen LogP contribution in [0.3, 0.4) is 0 Å². The van der Waals surface area contributed by atoms with Crippen molar-refractivity contribution in [1.29, 1.82) is 0 Å². The molecule has 3 aromatic carbocycles. The second-order valence-corrected chi connectivity index (χ2v) is 8.81. The molecule has 2 heterocycles. The first-order valence-electron chi connectivity index (χ1n) is 10.7. The van der Waals surface area contributed by atoms with Crippen LogP contribution in [0.5, 0.6) is 11.5 Å². The molecule has 1 aliphatic rings. The molecule has 1 N–H and O–H groups in total. The second-order valence-electron chi connectivity index (χ2n) is 7.94. The Kier molecular flexibility index (Phi) is 6.10. The average molecular weight is 491 g/mol. The highest BCUT2D eigenvalue weighted by molar-refractivity contribution is 6.31. The highest BCUT2D eigenvalue weighted by Gasteiger charge is 2.35. The summed E-state index contributed by atoms with van der Waals surface area (Å²) in [6.07, 6.45) is 5.52. The zero-order valence-corrected chi connectivity index (χ0v) is 19.6. The standard InChI is InChI=1S/C27H20Cl2N2O3/c1-2-15-33-20-8-3-17(4-9-20)26-25-22(23-16-19(29)7-12-24(23)30-25)13-14-31(26)27(32)34-21-10-5-18(28)6-11-21/h1,3-12,16,26,30H,13-15H2/t26-/m0/s1. The Bertz CT molecular complexity index is 1390. The lowest BCUT2D eigenvalue weighted by atomic mass is 9.92. The van der Waals surface area contributed by atoms with E-state index in [-0.39, 0.29) is 12.6 Å². The number of hydrogen-bond donors (Lipinski definition) is 1. The van der Waals surface area contributed by atoms with Crippen molar-refractivity contribution >= 4 is 40.2 Å². The quantitative estimate of drug-likeness (QED) is 0.326. The van der Waals surface area contributed by atoms with E-state index in [2.05, 4.69) is 10.9 Å². The Morgan fingerprint density at radius 3 is 2.47 bits per heavy atom. The molecule has 34 heavy (non-hydrogen) atoms. The number of fused-ring (bicyclic) bond motifs is 3. The molecule has 0 bridgehead atoms. The van der Waals surface area contributed by atoms with Gasteiger partial charge in [0, 0.05) is 33.2 Å². The molecular weight excluding hydrogens is 471 g/mol. The van der Waals surface area contributed by atoms with Gasteiger partial charge in [-0.3, -0.25) is 4.90 Å². The highest BCUT2D eigenvalue weighted by Crippen LogP contribution is 2.40. The maximum Gasteiger partial charge on any atom is 0.416 e. The SMILES string of the molecule is C#CCOc1ccc([C@H]2c3[nH]c4ccc(Cl)cc4c3CCN2C(=O)Oc2ccc(Cl)cc2)cc1. The van der Waals surface area contributed by atoms with Gasteiger partial charge in [-0.15, -0.1) is 6.42 Å². The van der Waals surface area contributed by atoms with E-state index in [1.54, 1.807) is 29.2 Å². The summed E-state index contributed by atoms with van der Waals surface area (Å²) in [6.45, 7) is 0.675. The minimum absolute atomic E-state index is 0.190. The summed E-state index contributed by atoms with van der Waals surface area (Å²) >= 11 is 12.2. The number of ether oxygens (including phenoxy) is 2. The normalized spacial score (nSPS) is 15.0. The molecule has 1 amide bonds. The van der Waals surface area contributed by atoms with E-state index >= 15 is 0 Å². The Balaban J connectivity index is 1.54. The van der Waals surface area contributed by atoms with Crippen molar-refractivity contribution in [3.05, 3.63) is 93.6 Å². The lowest BCUT2D eigenvalue weighted by Gasteiger charge is -2.35. The number of hydrogen-bond acceptors (Lipinski definition) is 3. The molecule has 1 atom stereocenters. The van der Waals surface area contributed by atoms with Crippen LogP contribution >= 0.6 is 23.2 Å². The van der Waals surface area contributed by atoms with Crippen LogP contribution in [0.25, 0.3) is 10.9 Å². The Labute approximate surface area is 207 Å². The molecule has 0 saturated carbocycles. The Morgan fingerprint density at radius 1 is 1.03 bits per heavy atom. The highest BCUT2D eigenvalue weighted by atomic mass is 35.5. The number of nitrogens with one attached hydrogen (secondary N) is 1. The minimum Gasteiger partial charge on any atom is -0.481 e. The molecule has 1 aromatic heterocycles. The van der Waals surface area contributed by atoms with E-state index in [1.165, 1.54) is 0 Å². The van der Waals surface area contributed by atoms with Crippen LogP contribution in [0.15, 0.2) is 66.7 Å². The Morgan fingerprint density at radius 2 is 1.74 bits per heavy atom. The van der Waals surface area contributed by atoms with Crippen molar-refractivity contribution in [3.63, 3.8) is 0 Å². The average Bonchev–Trinajstić information content (AvgIpc) is 3.21. The van der Waals surface area contributed by atoms with Crippen LogP contribution in [0.1, 0.15) is 22.9 Å². The monoisotopic (exact) mass is 490 g/mol. The summed E-state index contributed by atoms with van der Waals surface area (Å²) < 4.78 is 11.2. The molecule has 0 unspecified atom stereocenters. The number of benzene rings is 3. The van der Waals surface area contributed by atoms with Crippen LogP contribution in [-0.4, -0.2) is 29.1 Å². The number of amides is 1. The molecule has 4 aromatic rings. The number of carbonyl (C=O) groups excluding carboxylic acids is 1. The molecule has 0 saturated heterocycles. The van der Waals surface area contributed by atoms with Gasteiger partial charge in [-0.1, -0.05) is 41.3 Å². The van der Waals surface area contributed by atoms with Crippen LogP contribution in [0.4, 0.5) is 4.79 Å². The van der Waals surface area contributed by atoms with Gasteiger partial charge in [0.15, 0.2) is 0 Å². The van der Waals surface area contributed by atoms with Gasteiger partial charge in [0.05, 0.1) is 0 Å². The van der Waals surface area contributed by atoms with E-state index in [0.717, 1.165) is 27.7 Å². The van der Waals surface area contributed by atoms with E-state index in [0.29, 0.717) is 34.5 Å². The largest absolute Gasteiger partial charge is 0.481 e. The zero-order chi connectivity index (χ0) is 23.7. The number of aromatic amines is 1. The fourth-order valence-corrected chi connectivity index (χ4v) is 4.64. The van der Waals surface area contributed by atoms with Gasteiger partial charge in [0.25, 0.3) is 0 Å². The molecule has 5 nitrogen and oxygen atoms in total. The summed E-state index contributed by atoms with van der Waals surface area (Å²) in [6, 6.07) is 19.7. The molecule has 1 aliphatic heterocycles. The maximum absolute atomic E-state index is 13.3. The first-order valence-corrected chi connectivity index (χ1v) is 11.5. The van der Waals surface area contributed by atoms with Crippen molar-refractivity contribution in [2.24, 2.45) is 0 Å². The van der Waals surface area contributed by atoms with Gasteiger partial charge < -0.3 is 14.5 Å². The number of terminal acetylenes is 1. The zero-order valence-electron chi connectivity index (χ0n) is 18.1. The van der Waals surface area contributed by atoms with Gasteiger partial charge in [-0.25, -0.2) is 4.79 Å². The summed E-state index contributed by atoms with van der Waals surface area (Å²) in [5.74, 6) is 3.55. The molecule has 0 radical (unpaired) electrons. The van der Waals surface area contributed by atoms with E-state index in [9.17, 15) is 4.79 Å². The lowest BCUT2D eigenvalue weighted by Crippen LogP contribution is -2.42. The van der Waals surface area contributed by atoms with E-state index < -0.39 is 6.09 Å². The number of aromatic nitrogens is 1. The molecule has 0 aliphatic carbocycles.